The SMILES string of the molecule is CC1CC(C)CN(CC(C)NC(=O)NC2CCC(CO)CC2)C1. The zero-order valence-corrected chi connectivity index (χ0v) is 15.1. The molecule has 1 saturated carbocycles. The molecule has 0 aromatic rings. The Morgan fingerprint density at radius 1 is 1.17 bits per heavy atom. The first-order valence-electron chi connectivity index (χ1n) is 9.36. The van der Waals surface area contributed by atoms with Crippen molar-refractivity contribution < 1.29 is 9.90 Å². The van der Waals surface area contributed by atoms with E-state index in [9.17, 15) is 4.79 Å². The van der Waals surface area contributed by atoms with Crippen LogP contribution in [0, 0.1) is 17.8 Å². The Kier molecular flexibility index (Phi) is 7.15. The first-order valence-corrected chi connectivity index (χ1v) is 9.36. The topological polar surface area (TPSA) is 64.6 Å². The molecule has 5 nitrogen and oxygen atoms in total. The van der Waals surface area contributed by atoms with E-state index < -0.39 is 0 Å². The van der Waals surface area contributed by atoms with E-state index >= 15 is 0 Å². The van der Waals surface area contributed by atoms with Crippen LogP contribution in [0.4, 0.5) is 4.79 Å². The third-order valence-corrected chi connectivity index (χ3v) is 5.29. The van der Waals surface area contributed by atoms with Crippen LogP contribution in [0.1, 0.15) is 52.9 Å². The predicted molar refractivity (Wildman–Crippen MR) is 93.3 cm³/mol. The molecule has 3 N–H and O–H groups in total. The number of amides is 2. The molecule has 0 aromatic heterocycles. The van der Waals surface area contributed by atoms with Gasteiger partial charge in [-0.15, -0.1) is 0 Å². The van der Waals surface area contributed by atoms with Gasteiger partial charge in [0, 0.05) is 38.3 Å². The highest BCUT2D eigenvalue weighted by Gasteiger charge is 2.25. The molecule has 23 heavy (non-hydrogen) atoms. The number of urea groups is 1. The monoisotopic (exact) mass is 325 g/mol. The Balaban J connectivity index is 1.66. The van der Waals surface area contributed by atoms with Crippen LogP contribution in [0.25, 0.3) is 0 Å². The highest BCUT2D eigenvalue weighted by atomic mass is 16.3. The minimum absolute atomic E-state index is 0.0388. The van der Waals surface area contributed by atoms with Gasteiger partial charge in [0.15, 0.2) is 0 Å². The fraction of sp³-hybridized carbons (Fsp3) is 0.944. The largest absolute Gasteiger partial charge is 0.396 e. The molecule has 0 bridgehead atoms. The summed E-state index contributed by atoms with van der Waals surface area (Å²) in [6.07, 6.45) is 5.30. The second kappa shape index (κ2) is 8.88. The zero-order chi connectivity index (χ0) is 16.8. The number of nitrogens with zero attached hydrogens (tertiary/aromatic N) is 1. The van der Waals surface area contributed by atoms with E-state index in [0.29, 0.717) is 5.92 Å². The fourth-order valence-electron chi connectivity index (χ4n) is 4.31. The van der Waals surface area contributed by atoms with E-state index in [1.165, 1.54) is 6.42 Å². The van der Waals surface area contributed by atoms with Gasteiger partial charge in [0.05, 0.1) is 0 Å². The van der Waals surface area contributed by atoms with E-state index in [0.717, 1.165) is 57.2 Å². The zero-order valence-electron chi connectivity index (χ0n) is 15.1. The fourth-order valence-corrected chi connectivity index (χ4v) is 4.31. The van der Waals surface area contributed by atoms with Crippen molar-refractivity contribution in [2.75, 3.05) is 26.2 Å². The molecule has 5 heteroatoms. The molecule has 2 rings (SSSR count). The summed E-state index contributed by atoms with van der Waals surface area (Å²) < 4.78 is 0. The Morgan fingerprint density at radius 2 is 1.78 bits per heavy atom. The van der Waals surface area contributed by atoms with Crippen molar-refractivity contribution in [3.63, 3.8) is 0 Å². The van der Waals surface area contributed by atoms with Crippen molar-refractivity contribution in [1.29, 1.82) is 0 Å². The summed E-state index contributed by atoms with van der Waals surface area (Å²) in [4.78, 5) is 14.6. The van der Waals surface area contributed by atoms with Crippen molar-refractivity contribution in [3.05, 3.63) is 0 Å². The molecule has 2 fully saturated rings. The molecule has 2 aliphatic rings. The number of piperidine rings is 1. The second-order valence-electron chi connectivity index (χ2n) is 8.08. The van der Waals surface area contributed by atoms with Gasteiger partial charge >= 0.3 is 6.03 Å². The summed E-state index contributed by atoms with van der Waals surface area (Å²) >= 11 is 0. The summed E-state index contributed by atoms with van der Waals surface area (Å²) in [7, 11) is 0. The second-order valence-corrected chi connectivity index (χ2v) is 8.08. The predicted octanol–water partition coefficient (Wildman–Crippen LogP) is 2.20. The van der Waals surface area contributed by atoms with E-state index in [4.69, 9.17) is 5.11 Å². The van der Waals surface area contributed by atoms with E-state index in [1.807, 2.05) is 0 Å². The van der Waals surface area contributed by atoms with Crippen LogP contribution in [0.2, 0.25) is 0 Å². The molecule has 1 saturated heterocycles. The maximum Gasteiger partial charge on any atom is 0.315 e. The van der Waals surface area contributed by atoms with Crippen LogP contribution in [-0.2, 0) is 0 Å². The maximum absolute atomic E-state index is 12.2. The molecule has 134 valence electrons. The van der Waals surface area contributed by atoms with Gasteiger partial charge in [0.25, 0.3) is 0 Å². The van der Waals surface area contributed by atoms with Gasteiger partial charge in [-0.25, -0.2) is 4.79 Å². The van der Waals surface area contributed by atoms with Gasteiger partial charge in [-0.05, 0) is 56.8 Å². The van der Waals surface area contributed by atoms with E-state index in [2.05, 4.69) is 36.3 Å². The maximum atomic E-state index is 12.2. The van der Waals surface area contributed by atoms with Gasteiger partial charge in [-0.1, -0.05) is 13.8 Å². The number of nitrogens with one attached hydrogen (secondary N) is 2. The summed E-state index contributed by atoms with van der Waals surface area (Å²) in [6.45, 7) is 10.2. The summed E-state index contributed by atoms with van der Waals surface area (Å²) in [5, 5.41) is 15.4. The Morgan fingerprint density at radius 3 is 2.35 bits per heavy atom. The number of carbonyl (C=O) groups excluding carboxylic acids is 1. The average molecular weight is 325 g/mol. The number of hydrogen-bond acceptors (Lipinski definition) is 3. The molecule has 0 spiro atoms. The third kappa shape index (κ3) is 6.30. The van der Waals surface area contributed by atoms with Crippen LogP contribution in [0.3, 0.4) is 0 Å². The standard InChI is InChI=1S/C18H35N3O2/c1-13-8-14(2)10-21(9-13)11-15(3)19-18(23)20-17-6-4-16(12-22)5-7-17/h13-17,22H,4-12H2,1-3H3,(H2,19,20,23). The van der Waals surface area contributed by atoms with E-state index in [1.54, 1.807) is 0 Å². The number of carbonyl (C=O) groups is 1. The lowest BCUT2D eigenvalue weighted by atomic mass is 9.87. The number of aliphatic hydroxyl groups excluding tert-OH is 1. The molecule has 3 atom stereocenters. The van der Waals surface area contributed by atoms with Crippen molar-refractivity contribution in [3.8, 4) is 0 Å². The molecule has 1 aliphatic carbocycles. The lowest BCUT2D eigenvalue weighted by Crippen LogP contribution is -2.51. The minimum Gasteiger partial charge on any atom is -0.396 e. The first-order chi connectivity index (χ1) is 11.0. The number of aliphatic hydroxyl groups is 1. The molecular formula is C18H35N3O2. The number of hydrogen-bond donors (Lipinski definition) is 3. The highest BCUT2D eigenvalue weighted by molar-refractivity contribution is 5.74. The third-order valence-electron chi connectivity index (χ3n) is 5.29. The van der Waals surface area contributed by atoms with Crippen molar-refractivity contribution in [2.45, 2.75) is 65.0 Å². The summed E-state index contributed by atoms with van der Waals surface area (Å²) in [5.41, 5.74) is 0. The molecule has 0 radical (unpaired) electrons. The lowest BCUT2D eigenvalue weighted by Gasteiger charge is -2.36. The highest BCUT2D eigenvalue weighted by Crippen LogP contribution is 2.23. The molecular weight excluding hydrogens is 290 g/mol. The Labute approximate surface area is 141 Å². The first kappa shape index (κ1) is 18.5. The summed E-state index contributed by atoms with van der Waals surface area (Å²) in [6, 6.07) is 0.393. The molecule has 1 aliphatic heterocycles. The average Bonchev–Trinajstić information content (AvgIpc) is 2.46. The molecule has 1 heterocycles. The van der Waals surface area contributed by atoms with Crippen molar-refractivity contribution in [2.24, 2.45) is 17.8 Å². The quantitative estimate of drug-likeness (QED) is 0.726. The van der Waals surface area contributed by atoms with Crippen molar-refractivity contribution >= 4 is 6.03 Å². The van der Waals surface area contributed by atoms with Gasteiger partial charge in [0.2, 0.25) is 0 Å². The van der Waals surface area contributed by atoms with Gasteiger partial charge in [0.1, 0.15) is 0 Å². The van der Waals surface area contributed by atoms with Crippen LogP contribution in [-0.4, -0.2) is 54.4 Å². The van der Waals surface area contributed by atoms with Crippen molar-refractivity contribution in [1.82, 2.24) is 15.5 Å². The summed E-state index contributed by atoms with van der Waals surface area (Å²) in [5.74, 6) is 1.93. The van der Waals surface area contributed by atoms with Crippen LogP contribution >= 0.6 is 0 Å². The van der Waals surface area contributed by atoms with Gasteiger partial charge in [-0.2, -0.15) is 0 Å². The van der Waals surface area contributed by atoms with Crippen LogP contribution in [0.5, 0.6) is 0 Å². The minimum atomic E-state index is -0.0388. The van der Waals surface area contributed by atoms with E-state index in [-0.39, 0.29) is 24.7 Å². The smallest absolute Gasteiger partial charge is 0.315 e. The Hall–Kier alpha value is -0.810. The van der Waals surface area contributed by atoms with Gasteiger partial charge in [-0.3, -0.25) is 0 Å². The van der Waals surface area contributed by atoms with Gasteiger partial charge < -0.3 is 20.6 Å². The Bertz CT molecular complexity index is 359. The molecule has 0 aromatic carbocycles. The molecule has 3 unspecified atom stereocenters. The van der Waals surface area contributed by atoms with Crippen LogP contribution < -0.4 is 10.6 Å². The molecule has 2 amide bonds. The van der Waals surface area contributed by atoms with Crippen LogP contribution in [0.15, 0.2) is 0 Å². The number of likely N-dealkylation sites (tertiary alicyclic amines) is 1. The lowest BCUT2D eigenvalue weighted by molar-refractivity contribution is 0.131. The normalized spacial score (nSPS) is 33.9. The number of rotatable bonds is 5.